The first kappa shape index (κ1) is 18.4. The van der Waals surface area contributed by atoms with E-state index in [2.05, 4.69) is 0 Å². The Balaban J connectivity index is 1.91. The predicted octanol–water partition coefficient (Wildman–Crippen LogP) is 3.89. The zero-order valence-corrected chi connectivity index (χ0v) is 15.2. The average molecular weight is 376 g/mol. The molecule has 0 N–H and O–H groups in total. The Hall–Kier alpha value is -0.910. The second-order valence-corrected chi connectivity index (χ2v) is 7.07. The number of nitrogens with zero attached hydrogens (tertiary/aromatic N) is 1. The topological polar surface area (TPSA) is 46.6 Å². The zero-order chi connectivity index (χ0) is 16.8. The number of carbonyl (C=O) groups excluding carboxylic acids is 2. The van der Waals surface area contributed by atoms with Gasteiger partial charge in [-0.2, -0.15) is 0 Å². The Bertz CT molecular complexity index is 562. The summed E-state index contributed by atoms with van der Waals surface area (Å²) in [5, 5.41) is 1.08. The number of thioether (sulfide) groups is 1. The van der Waals surface area contributed by atoms with Crippen LogP contribution >= 0.6 is 35.0 Å². The summed E-state index contributed by atoms with van der Waals surface area (Å²) in [4.78, 5) is 26.7. The molecule has 1 saturated heterocycles. The molecule has 23 heavy (non-hydrogen) atoms. The Labute approximate surface area is 150 Å². The predicted molar refractivity (Wildman–Crippen MR) is 93.1 cm³/mol. The van der Waals surface area contributed by atoms with Gasteiger partial charge < -0.3 is 9.64 Å². The van der Waals surface area contributed by atoms with E-state index in [0.29, 0.717) is 34.6 Å². The number of rotatable bonds is 5. The van der Waals surface area contributed by atoms with Crippen LogP contribution in [0, 0.1) is 5.92 Å². The molecule has 1 aliphatic rings. The van der Waals surface area contributed by atoms with E-state index in [4.69, 9.17) is 27.9 Å². The monoisotopic (exact) mass is 375 g/mol. The van der Waals surface area contributed by atoms with Crippen LogP contribution in [0.15, 0.2) is 23.1 Å². The Kier molecular flexibility index (Phi) is 7.06. The summed E-state index contributed by atoms with van der Waals surface area (Å²) in [5.74, 6) is -0.202. The normalized spacial score (nSPS) is 17.9. The van der Waals surface area contributed by atoms with Crippen molar-refractivity contribution < 1.29 is 14.3 Å². The molecular formula is C16H19Cl2NO3S. The molecule has 0 radical (unpaired) electrons. The molecule has 4 nitrogen and oxygen atoms in total. The van der Waals surface area contributed by atoms with Crippen LogP contribution in [0.25, 0.3) is 0 Å². The smallest absolute Gasteiger partial charge is 0.310 e. The third-order valence-corrected chi connectivity index (χ3v) is 5.63. The highest BCUT2D eigenvalue weighted by Crippen LogP contribution is 2.34. The number of hydrogen-bond acceptors (Lipinski definition) is 4. The van der Waals surface area contributed by atoms with Gasteiger partial charge in [0.25, 0.3) is 0 Å². The van der Waals surface area contributed by atoms with Crippen LogP contribution in [-0.2, 0) is 14.3 Å². The summed E-state index contributed by atoms with van der Waals surface area (Å²) < 4.78 is 5.05. The quantitative estimate of drug-likeness (QED) is 0.578. The fraction of sp³-hybridized carbons (Fsp3) is 0.500. The van der Waals surface area contributed by atoms with Gasteiger partial charge in [0.1, 0.15) is 0 Å². The van der Waals surface area contributed by atoms with E-state index >= 15 is 0 Å². The van der Waals surface area contributed by atoms with Gasteiger partial charge in [0.15, 0.2) is 0 Å². The summed E-state index contributed by atoms with van der Waals surface area (Å²) in [6, 6.07) is 5.26. The Morgan fingerprint density at radius 3 is 2.70 bits per heavy atom. The number of esters is 1. The first-order valence-electron chi connectivity index (χ1n) is 7.54. The van der Waals surface area contributed by atoms with E-state index in [1.807, 2.05) is 0 Å². The summed E-state index contributed by atoms with van der Waals surface area (Å²) in [6.07, 6.45) is 1.58. The molecule has 1 aromatic rings. The highest BCUT2D eigenvalue weighted by molar-refractivity contribution is 8.00. The molecular weight excluding hydrogens is 357 g/mol. The summed E-state index contributed by atoms with van der Waals surface area (Å²) in [7, 11) is 0. The maximum Gasteiger partial charge on any atom is 0.310 e. The van der Waals surface area contributed by atoms with E-state index in [0.717, 1.165) is 12.8 Å². The highest BCUT2D eigenvalue weighted by Gasteiger charge is 2.29. The molecule has 1 amide bonds. The van der Waals surface area contributed by atoms with Crippen LogP contribution in [0.4, 0.5) is 0 Å². The minimum Gasteiger partial charge on any atom is -0.466 e. The third-order valence-electron chi connectivity index (χ3n) is 3.65. The number of ether oxygens (including phenoxy) is 1. The van der Waals surface area contributed by atoms with Crippen molar-refractivity contribution in [3.05, 3.63) is 28.2 Å². The van der Waals surface area contributed by atoms with Crippen molar-refractivity contribution in [2.45, 2.75) is 24.7 Å². The molecule has 1 fully saturated rings. The van der Waals surface area contributed by atoms with Gasteiger partial charge in [0.2, 0.25) is 5.91 Å². The molecule has 1 aromatic carbocycles. The molecule has 0 spiro atoms. The first-order valence-corrected chi connectivity index (χ1v) is 9.28. The molecule has 0 aliphatic carbocycles. The van der Waals surface area contributed by atoms with Gasteiger partial charge in [0, 0.05) is 18.0 Å². The Morgan fingerprint density at radius 1 is 1.35 bits per heavy atom. The molecule has 1 heterocycles. The van der Waals surface area contributed by atoms with E-state index in [1.54, 1.807) is 30.0 Å². The van der Waals surface area contributed by atoms with Crippen LogP contribution < -0.4 is 0 Å². The molecule has 2 rings (SSSR count). The summed E-state index contributed by atoms with van der Waals surface area (Å²) in [6.45, 7) is 3.25. The van der Waals surface area contributed by atoms with E-state index < -0.39 is 0 Å². The van der Waals surface area contributed by atoms with Gasteiger partial charge in [-0.3, -0.25) is 9.59 Å². The lowest BCUT2D eigenvalue weighted by Gasteiger charge is -2.31. The number of halogens is 2. The molecule has 0 saturated carbocycles. The second kappa shape index (κ2) is 8.81. The van der Waals surface area contributed by atoms with Gasteiger partial charge in [-0.15, -0.1) is 11.8 Å². The fourth-order valence-electron chi connectivity index (χ4n) is 2.50. The SMILES string of the molecule is CCOC(=O)C1CCCN(C(=O)CSc2c(Cl)cccc2Cl)C1. The number of carbonyl (C=O) groups is 2. The number of hydrogen-bond donors (Lipinski definition) is 0. The van der Waals surface area contributed by atoms with E-state index in [-0.39, 0.29) is 23.5 Å². The molecule has 1 aliphatic heterocycles. The molecule has 7 heteroatoms. The van der Waals surface area contributed by atoms with Crippen molar-refractivity contribution >= 4 is 46.8 Å². The first-order chi connectivity index (χ1) is 11.0. The Morgan fingerprint density at radius 2 is 2.04 bits per heavy atom. The maximum absolute atomic E-state index is 12.4. The van der Waals surface area contributed by atoms with Crippen LogP contribution in [0.5, 0.6) is 0 Å². The third kappa shape index (κ3) is 5.03. The summed E-state index contributed by atoms with van der Waals surface area (Å²) in [5.41, 5.74) is 0. The lowest BCUT2D eigenvalue weighted by molar-refractivity contribution is -0.151. The highest BCUT2D eigenvalue weighted by atomic mass is 35.5. The number of amides is 1. The zero-order valence-electron chi connectivity index (χ0n) is 12.9. The molecule has 1 unspecified atom stereocenters. The standard InChI is InChI=1S/C16H19Cl2NO3S/c1-2-22-16(21)11-5-4-8-19(9-11)14(20)10-23-15-12(17)6-3-7-13(15)18/h3,6-7,11H,2,4-5,8-10H2,1H3. The largest absolute Gasteiger partial charge is 0.466 e. The van der Waals surface area contributed by atoms with Gasteiger partial charge in [-0.1, -0.05) is 29.3 Å². The van der Waals surface area contributed by atoms with Gasteiger partial charge in [-0.05, 0) is 31.9 Å². The summed E-state index contributed by atoms with van der Waals surface area (Å²) >= 11 is 13.5. The van der Waals surface area contributed by atoms with Crippen molar-refractivity contribution in [1.29, 1.82) is 0 Å². The van der Waals surface area contributed by atoms with Gasteiger partial charge >= 0.3 is 5.97 Å². The van der Waals surface area contributed by atoms with Crippen LogP contribution in [0.3, 0.4) is 0 Å². The minimum absolute atomic E-state index is 0.0139. The molecule has 126 valence electrons. The number of piperidine rings is 1. The van der Waals surface area contributed by atoms with Crippen LogP contribution in [0.1, 0.15) is 19.8 Å². The van der Waals surface area contributed by atoms with Crippen molar-refractivity contribution in [2.24, 2.45) is 5.92 Å². The van der Waals surface area contributed by atoms with Crippen LogP contribution in [0.2, 0.25) is 10.0 Å². The lowest BCUT2D eigenvalue weighted by atomic mass is 9.98. The van der Waals surface area contributed by atoms with Crippen LogP contribution in [-0.4, -0.2) is 42.2 Å². The van der Waals surface area contributed by atoms with Crippen molar-refractivity contribution in [3.63, 3.8) is 0 Å². The second-order valence-electron chi connectivity index (χ2n) is 5.27. The van der Waals surface area contributed by atoms with Gasteiger partial charge in [-0.25, -0.2) is 0 Å². The van der Waals surface area contributed by atoms with E-state index in [9.17, 15) is 9.59 Å². The van der Waals surface area contributed by atoms with Crippen molar-refractivity contribution in [1.82, 2.24) is 4.90 Å². The number of benzene rings is 1. The van der Waals surface area contributed by atoms with Gasteiger partial charge in [0.05, 0.1) is 28.3 Å². The fourth-order valence-corrected chi connectivity index (χ4v) is 4.09. The van der Waals surface area contributed by atoms with Crippen molar-refractivity contribution in [3.8, 4) is 0 Å². The number of likely N-dealkylation sites (tertiary alicyclic amines) is 1. The minimum atomic E-state index is -0.221. The maximum atomic E-state index is 12.4. The molecule has 1 atom stereocenters. The van der Waals surface area contributed by atoms with Crippen molar-refractivity contribution in [2.75, 3.05) is 25.4 Å². The van der Waals surface area contributed by atoms with E-state index in [1.165, 1.54) is 11.8 Å². The molecule has 0 bridgehead atoms. The molecule has 0 aromatic heterocycles. The average Bonchev–Trinajstić information content (AvgIpc) is 2.54. The lowest BCUT2D eigenvalue weighted by Crippen LogP contribution is -2.43.